The fourth-order valence-corrected chi connectivity index (χ4v) is 4.92. The molecular formula is C34H34N2. The topological polar surface area (TPSA) is 25.8 Å². The molecule has 36 heavy (non-hydrogen) atoms. The van der Waals surface area contributed by atoms with Gasteiger partial charge in [-0.3, -0.25) is 9.97 Å². The predicted molar refractivity (Wildman–Crippen MR) is 153 cm³/mol. The van der Waals surface area contributed by atoms with Crippen LogP contribution in [0, 0.1) is 0 Å². The van der Waals surface area contributed by atoms with Crippen molar-refractivity contribution in [2.75, 3.05) is 0 Å². The van der Waals surface area contributed by atoms with E-state index in [2.05, 4.69) is 118 Å². The van der Waals surface area contributed by atoms with Crippen molar-refractivity contribution in [1.82, 2.24) is 9.97 Å². The average Bonchev–Trinajstić information content (AvgIpc) is 2.87. The molecule has 0 aliphatic rings. The molecule has 0 spiro atoms. The quantitative estimate of drug-likeness (QED) is 0.263. The summed E-state index contributed by atoms with van der Waals surface area (Å²) in [6.07, 6.45) is 5.75. The van der Waals surface area contributed by atoms with Crippen LogP contribution in [0.5, 0.6) is 0 Å². The zero-order valence-corrected chi connectivity index (χ0v) is 22.1. The van der Waals surface area contributed by atoms with Gasteiger partial charge < -0.3 is 0 Å². The van der Waals surface area contributed by atoms with Gasteiger partial charge in [-0.05, 0) is 73.9 Å². The zero-order valence-electron chi connectivity index (χ0n) is 22.1. The Labute approximate surface area is 215 Å². The summed E-state index contributed by atoms with van der Waals surface area (Å²) in [6.45, 7) is 13.8. The van der Waals surface area contributed by atoms with Crippen LogP contribution in [0.1, 0.15) is 52.7 Å². The molecule has 0 radical (unpaired) electrons. The number of hydrogen-bond acceptors (Lipinski definition) is 2. The lowest BCUT2D eigenvalue weighted by Crippen LogP contribution is -2.17. The highest BCUT2D eigenvalue weighted by atomic mass is 14.7. The smallest absolute Gasteiger partial charge is 0.0702 e. The maximum Gasteiger partial charge on any atom is 0.0702 e. The predicted octanol–water partition coefficient (Wildman–Crippen LogP) is 9.23. The normalized spacial score (nSPS) is 12.2. The van der Waals surface area contributed by atoms with Gasteiger partial charge in [0.25, 0.3) is 0 Å². The van der Waals surface area contributed by atoms with Gasteiger partial charge in [0.1, 0.15) is 0 Å². The molecule has 0 bridgehead atoms. The van der Waals surface area contributed by atoms with E-state index >= 15 is 0 Å². The van der Waals surface area contributed by atoms with Gasteiger partial charge in [-0.25, -0.2) is 0 Å². The summed E-state index contributed by atoms with van der Waals surface area (Å²) in [4.78, 5) is 9.06. The van der Waals surface area contributed by atoms with E-state index in [1.54, 1.807) is 0 Å². The maximum absolute atomic E-state index is 4.54. The van der Waals surface area contributed by atoms with Gasteiger partial charge in [0.05, 0.1) is 5.69 Å². The van der Waals surface area contributed by atoms with Crippen LogP contribution in [0.25, 0.3) is 44.3 Å². The van der Waals surface area contributed by atoms with Crippen molar-refractivity contribution in [3.63, 3.8) is 0 Å². The van der Waals surface area contributed by atoms with E-state index in [0.29, 0.717) is 0 Å². The Kier molecular flexibility index (Phi) is 6.00. The standard InChI is InChI=1S/C34H34N2/c1-33(2,3)25-13-14-29(31(21-25)34(4,5)6)27-16-15-26(30-22-35-19-17-28(27)30)23-10-9-11-24(20-23)32-12-7-8-18-36-32/h7-22H,1-6H3. The van der Waals surface area contributed by atoms with Crippen LogP contribution in [0.2, 0.25) is 0 Å². The summed E-state index contributed by atoms with van der Waals surface area (Å²) >= 11 is 0. The number of aromatic nitrogens is 2. The number of pyridine rings is 2. The van der Waals surface area contributed by atoms with Crippen LogP contribution in [-0.4, -0.2) is 9.97 Å². The van der Waals surface area contributed by atoms with Gasteiger partial charge in [0.2, 0.25) is 0 Å². The molecule has 2 heterocycles. The molecule has 0 fully saturated rings. The van der Waals surface area contributed by atoms with Crippen LogP contribution in [0.3, 0.4) is 0 Å². The SMILES string of the molecule is CC(C)(C)c1ccc(-c2ccc(-c3cccc(-c4ccccn4)c3)c3cnccc23)c(C(C)(C)C)c1. The van der Waals surface area contributed by atoms with Crippen LogP contribution in [0.4, 0.5) is 0 Å². The van der Waals surface area contributed by atoms with Crippen molar-refractivity contribution in [2.45, 2.75) is 52.4 Å². The summed E-state index contributed by atoms with van der Waals surface area (Å²) < 4.78 is 0. The van der Waals surface area contributed by atoms with Gasteiger partial charge >= 0.3 is 0 Å². The average molecular weight is 471 g/mol. The first kappa shape index (κ1) is 23.9. The third-order valence-corrected chi connectivity index (χ3v) is 6.94. The van der Waals surface area contributed by atoms with Crippen LogP contribution in [-0.2, 0) is 10.8 Å². The summed E-state index contributed by atoms with van der Waals surface area (Å²) in [6, 6.07) is 28.4. The van der Waals surface area contributed by atoms with Crippen molar-refractivity contribution in [1.29, 1.82) is 0 Å². The molecule has 0 amide bonds. The van der Waals surface area contributed by atoms with E-state index in [0.717, 1.165) is 16.6 Å². The molecule has 0 saturated carbocycles. The highest BCUT2D eigenvalue weighted by molar-refractivity contribution is 6.05. The summed E-state index contributed by atoms with van der Waals surface area (Å²) in [5.41, 5.74) is 9.85. The molecule has 0 saturated heterocycles. The van der Waals surface area contributed by atoms with E-state index in [1.807, 2.05) is 30.7 Å². The van der Waals surface area contributed by atoms with Crippen molar-refractivity contribution in [3.05, 3.63) is 109 Å². The van der Waals surface area contributed by atoms with E-state index < -0.39 is 0 Å². The molecule has 5 rings (SSSR count). The minimum absolute atomic E-state index is 0.0195. The van der Waals surface area contributed by atoms with Gasteiger partial charge in [0.15, 0.2) is 0 Å². The second-order valence-corrected chi connectivity index (χ2v) is 11.6. The Balaban J connectivity index is 1.70. The first-order valence-electron chi connectivity index (χ1n) is 12.7. The second-order valence-electron chi connectivity index (χ2n) is 11.6. The summed E-state index contributed by atoms with van der Waals surface area (Å²) in [7, 11) is 0. The van der Waals surface area contributed by atoms with Crippen molar-refractivity contribution < 1.29 is 0 Å². The molecule has 0 unspecified atom stereocenters. The monoisotopic (exact) mass is 470 g/mol. The molecule has 2 nitrogen and oxygen atoms in total. The zero-order chi connectivity index (χ0) is 25.5. The number of fused-ring (bicyclic) bond motifs is 1. The Morgan fingerprint density at radius 3 is 2.03 bits per heavy atom. The Bertz CT molecular complexity index is 1530. The first-order valence-corrected chi connectivity index (χ1v) is 12.7. The number of rotatable bonds is 3. The molecule has 0 aliphatic carbocycles. The molecule has 3 aromatic carbocycles. The first-order chi connectivity index (χ1) is 17.1. The van der Waals surface area contributed by atoms with Crippen LogP contribution < -0.4 is 0 Å². The van der Waals surface area contributed by atoms with Crippen molar-refractivity contribution in [3.8, 4) is 33.5 Å². The Morgan fingerprint density at radius 2 is 1.31 bits per heavy atom. The third-order valence-electron chi connectivity index (χ3n) is 6.94. The van der Waals surface area contributed by atoms with Gasteiger partial charge in [-0.15, -0.1) is 0 Å². The molecule has 5 aromatic rings. The lowest BCUT2D eigenvalue weighted by molar-refractivity contribution is 0.570. The number of nitrogens with zero attached hydrogens (tertiary/aromatic N) is 2. The molecule has 0 aliphatic heterocycles. The highest BCUT2D eigenvalue weighted by Crippen LogP contribution is 2.41. The van der Waals surface area contributed by atoms with Crippen LogP contribution >= 0.6 is 0 Å². The number of hydrogen-bond donors (Lipinski definition) is 0. The summed E-state index contributed by atoms with van der Waals surface area (Å²) in [5, 5.41) is 2.38. The molecule has 0 atom stereocenters. The van der Waals surface area contributed by atoms with Crippen molar-refractivity contribution >= 4 is 10.8 Å². The van der Waals surface area contributed by atoms with Crippen molar-refractivity contribution in [2.24, 2.45) is 0 Å². The summed E-state index contributed by atoms with van der Waals surface area (Å²) in [5.74, 6) is 0. The Hall–Kier alpha value is -3.78. The molecular weight excluding hydrogens is 436 g/mol. The van der Waals surface area contributed by atoms with Gasteiger partial charge in [-0.1, -0.05) is 96.1 Å². The Morgan fingerprint density at radius 1 is 0.556 bits per heavy atom. The highest BCUT2D eigenvalue weighted by Gasteiger charge is 2.24. The van der Waals surface area contributed by atoms with Gasteiger partial charge in [0, 0.05) is 29.5 Å². The second kappa shape index (κ2) is 9.02. The minimum atomic E-state index is 0.0195. The van der Waals surface area contributed by atoms with Gasteiger partial charge in [-0.2, -0.15) is 0 Å². The third kappa shape index (κ3) is 4.56. The fourth-order valence-electron chi connectivity index (χ4n) is 4.92. The molecule has 2 heteroatoms. The van der Waals surface area contributed by atoms with E-state index in [9.17, 15) is 0 Å². The molecule has 0 N–H and O–H groups in total. The van der Waals surface area contributed by atoms with E-state index in [1.165, 1.54) is 38.8 Å². The largest absolute Gasteiger partial charge is 0.264 e. The van der Waals surface area contributed by atoms with E-state index in [4.69, 9.17) is 0 Å². The maximum atomic E-state index is 4.54. The number of benzene rings is 3. The fraction of sp³-hybridized carbons (Fsp3) is 0.235. The lowest BCUT2D eigenvalue weighted by Gasteiger charge is -2.28. The van der Waals surface area contributed by atoms with Crippen LogP contribution in [0.15, 0.2) is 97.5 Å². The minimum Gasteiger partial charge on any atom is -0.264 e. The lowest BCUT2D eigenvalue weighted by atomic mass is 9.76. The van der Waals surface area contributed by atoms with E-state index in [-0.39, 0.29) is 10.8 Å². The molecule has 180 valence electrons. The molecule has 2 aromatic heterocycles.